The Bertz CT molecular complexity index is 496. The predicted molar refractivity (Wildman–Crippen MR) is 54.3 cm³/mol. The molecule has 0 bridgehead atoms. The molecule has 6 nitrogen and oxygen atoms in total. The SMILES string of the molecule is N#Cc1c(F)cccc1OCC(=O)NC(N)=O. The van der Waals surface area contributed by atoms with Gasteiger partial charge in [-0.05, 0) is 12.1 Å². The van der Waals surface area contributed by atoms with Gasteiger partial charge in [0.2, 0.25) is 0 Å². The van der Waals surface area contributed by atoms with E-state index in [4.69, 9.17) is 15.7 Å². The molecule has 3 N–H and O–H groups in total. The number of urea groups is 1. The van der Waals surface area contributed by atoms with Crippen molar-refractivity contribution in [2.75, 3.05) is 6.61 Å². The van der Waals surface area contributed by atoms with Crippen LogP contribution >= 0.6 is 0 Å². The average Bonchev–Trinajstić information content (AvgIpc) is 2.25. The molecular weight excluding hydrogens is 229 g/mol. The highest BCUT2D eigenvalue weighted by Crippen LogP contribution is 2.19. The van der Waals surface area contributed by atoms with Crippen LogP contribution in [0.3, 0.4) is 0 Å². The average molecular weight is 237 g/mol. The lowest BCUT2D eigenvalue weighted by Gasteiger charge is -2.07. The normalized spacial score (nSPS) is 9.18. The van der Waals surface area contributed by atoms with Crippen LogP contribution in [0.2, 0.25) is 0 Å². The number of primary amides is 1. The van der Waals surface area contributed by atoms with Gasteiger partial charge in [0.1, 0.15) is 23.2 Å². The van der Waals surface area contributed by atoms with Crippen molar-refractivity contribution in [2.24, 2.45) is 5.73 Å². The van der Waals surface area contributed by atoms with Gasteiger partial charge in [0.15, 0.2) is 6.61 Å². The van der Waals surface area contributed by atoms with Gasteiger partial charge in [-0.1, -0.05) is 6.07 Å². The highest BCUT2D eigenvalue weighted by molar-refractivity contribution is 5.94. The van der Waals surface area contributed by atoms with E-state index in [2.05, 4.69) is 0 Å². The summed E-state index contributed by atoms with van der Waals surface area (Å²) in [5.74, 6) is -1.61. The molecule has 1 rings (SSSR count). The number of nitriles is 1. The second kappa shape index (κ2) is 5.46. The van der Waals surface area contributed by atoms with E-state index in [0.717, 1.165) is 6.07 Å². The quantitative estimate of drug-likeness (QED) is 0.787. The molecule has 0 unspecified atom stereocenters. The Kier molecular flexibility index (Phi) is 4.00. The number of hydrogen-bond donors (Lipinski definition) is 2. The monoisotopic (exact) mass is 237 g/mol. The van der Waals surface area contributed by atoms with E-state index in [1.54, 1.807) is 11.4 Å². The van der Waals surface area contributed by atoms with E-state index < -0.39 is 24.4 Å². The molecule has 3 amide bonds. The summed E-state index contributed by atoms with van der Waals surface area (Å²) >= 11 is 0. The maximum atomic E-state index is 13.1. The third-order valence-corrected chi connectivity index (χ3v) is 1.71. The number of hydrogen-bond acceptors (Lipinski definition) is 4. The summed E-state index contributed by atoms with van der Waals surface area (Å²) in [5.41, 5.74) is 4.40. The molecule has 0 aliphatic carbocycles. The number of benzene rings is 1. The van der Waals surface area contributed by atoms with Crippen molar-refractivity contribution in [2.45, 2.75) is 0 Å². The zero-order valence-corrected chi connectivity index (χ0v) is 8.57. The molecule has 0 saturated heterocycles. The first-order valence-electron chi connectivity index (χ1n) is 4.45. The van der Waals surface area contributed by atoms with Crippen molar-refractivity contribution >= 4 is 11.9 Å². The fraction of sp³-hybridized carbons (Fsp3) is 0.100. The molecule has 0 saturated carbocycles. The summed E-state index contributed by atoms with van der Waals surface area (Å²) in [5, 5.41) is 10.4. The first-order valence-corrected chi connectivity index (χ1v) is 4.45. The number of imide groups is 1. The third-order valence-electron chi connectivity index (χ3n) is 1.71. The molecule has 0 aromatic heterocycles. The van der Waals surface area contributed by atoms with Crippen molar-refractivity contribution in [3.8, 4) is 11.8 Å². The fourth-order valence-corrected chi connectivity index (χ4v) is 1.05. The number of ether oxygens (including phenoxy) is 1. The first kappa shape index (κ1) is 12.4. The molecule has 0 aliphatic rings. The summed E-state index contributed by atoms with van der Waals surface area (Å²) in [6.45, 7) is -0.541. The van der Waals surface area contributed by atoms with Gasteiger partial charge in [-0.3, -0.25) is 10.1 Å². The zero-order valence-electron chi connectivity index (χ0n) is 8.57. The maximum Gasteiger partial charge on any atom is 0.318 e. The minimum absolute atomic E-state index is 0.0767. The molecule has 17 heavy (non-hydrogen) atoms. The van der Waals surface area contributed by atoms with Gasteiger partial charge in [0.05, 0.1) is 0 Å². The van der Waals surface area contributed by atoms with Crippen LogP contribution in [0.15, 0.2) is 18.2 Å². The van der Waals surface area contributed by atoms with Gasteiger partial charge in [-0.15, -0.1) is 0 Å². The molecule has 1 aromatic rings. The Balaban J connectivity index is 2.70. The summed E-state index contributed by atoms with van der Waals surface area (Å²) in [6.07, 6.45) is 0. The summed E-state index contributed by atoms with van der Waals surface area (Å²) in [7, 11) is 0. The minimum atomic E-state index is -1.02. The number of carbonyl (C=O) groups excluding carboxylic acids is 2. The molecule has 0 radical (unpaired) electrons. The fourth-order valence-electron chi connectivity index (χ4n) is 1.05. The second-order valence-electron chi connectivity index (χ2n) is 2.93. The molecule has 1 aromatic carbocycles. The Hall–Kier alpha value is -2.62. The number of halogens is 1. The summed E-state index contributed by atoms with van der Waals surface area (Å²) in [6, 6.07) is 4.35. The Morgan fingerprint density at radius 1 is 1.53 bits per heavy atom. The Labute approximate surface area is 95.8 Å². The topological polar surface area (TPSA) is 105 Å². The van der Waals surface area contributed by atoms with Crippen molar-refractivity contribution in [3.05, 3.63) is 29.6 Å². The lowest BCUT2D eigenvalue weighted by Crippen LogP contribution is -2.38. The Morgan fingerprint density at radius 3 is 2.82 bits per heavy atom. The lowest BCUT2D eigenvalue weighted by molar-refractivity contribution is -0.121. The van der Waals surface area contributed by atoms with Crippen LogP contribution in [-0.2, 0) is 4.79 Å². The van der Waals surface area contributed by atoms with Crippen molar-refractivity contribution in [3.63, 3.8) is 0 Å². The van der Waals surface area contributed by atoms with Gasteiger partial charge < -0.3 is 10.5 Å². The van der Waals surface area contributed by atoms with Crippen LogP contribution in [0.1, 0.15) is 5.56 Å². The smallest absolute Gasteiger partial charge is 0.318 e. The molecule has 0 spiro atoms. The molecule has 7 heteroatoms. The van der Waals surface area contributed by atoms with E-state index in [1.165, 1.54) is 12.1 Å². The summed E-state index contributed by atoms with van der Waals surface area (Å²) in [4.78, 5) is 21.3. The molecule has 0 heterocycles. The van der Waals surface area contributed by atoms with E-state index in [-0.39, 0.29) is 11.3 Å². The molecular formula is C10H8FN3O3. The number of nitrogens with zero attached hydrogens (tertiary/aromatic N) is 1. The van der Waals surface area contributed by atoms with E-state index in [0.29, 0.717) is 0 Å². The van der Waals surface area contributed by atoms with E-state index >= 15 is 0 Å². The lowest BCUT2D eigenvalue weighted by atomic mass is 10.2. The van der Waals surface area contributed by atoms with Crippen LogP contribution < -0.4 is 15.8 Å². The van der Waals surface area contributed by atoms with Gasteiger partial charge >= 0.3 is 6.03 Å². The molecule has 0 atom stereocenters. The van der Waals surface area contributed by atoms with Crippen molar-refractivity contribution in [1.82, 2.24) is 5.32 Å². The third kappa shape index (κ3) is 3.46. The van der Waals surface area contributed by atoms with Crippen molar-refractivity contribution in [1.29, 1.82) is 5.26 Å². The largest absolute Gasteiger partial charge is 0.482 e. The van der Waals surface area contributed by atoms with Crippen LogP contribution in [0.5, 0.6) is 5.75 Å². The Morgan fingerprint density at radius 2 is 2.24 bits per heavy atom. The molecule has 0 fully saturated rings. The highest BCUT2D eigenvalue weighted by atomic mass is 19.1. The summed E-state index contributed by atoms with van der Waals surface area (Å²) < 4.78 is 18.0. The second-order valence-corrected chi connectivity index (χ2v) is 2.93. The predicted octanol–water partition coefficient (Wildman–Crippen LogP) is 0.271. The van der Waals surface area contributed by atoms with Gasteiger partial charge in [0.25, 0.3) is 5.91 Å². The van der Waals surface area contributed by atoms with Gasteiger partial charge in [-0.25, -0.2) is 9.18 Å². The van der Waals surface area contributed by atoms with Gasteiger partial charge in [0, 0.05) is 0 Å². The highest BCUT2D eigenvalue weighted by Gasteiger charge is 2.11. The van der Waals surface area contributed by atoms with Crippen LogP contribution in [-0.4, -0.2) is 18.5 Å². The number of amides is 3. The van der Waals surface area contributed by atoms with Crippen molar-refractivity contribution < 1.29 is 18.7 Å². The number of nitrogens with two attached hydrogens (primary N) is 1. The first-order chi connectivity index (χ1) is 8.04. The zero-order chi connectivity index (χ0) is 12.8. The maximum absolute atomic E-state index is 13.1. The number of nitrogens with one attached hydrogen (secondary N) is 1. The number of carbonyl (C=O) groups is 2. The van der Waals surface area contributed by atoms with Crippen LogP contribution in [0.4, 0.5) is 9.18 Å². The standard InChI is InChI=1S/C10H8FN3O3/c11-7-2-1-3-8(6(7)4-12)17-5-9(15)14-10(13)16/h1-3H,5H2,(H3,13,14,15,16). The van der Waals surface area contributed by atoms with E-state index in [9.17, 15) is 14.0 Å². The number of rotatable bonds is 3. The van der Waals surface area contributed by atoms with Crippen LogP contribution in [0, 0.1) is 17.1 Å². The van der Waals surface area contributed by atoms with Crippen LogP contribution in [0.25, 0.3) is 0 Å². The van der Waals surface area contributed by atoms with Gasteiger partial charge in [-0.2, -0.15) is 5.26 Å². The minimum Gasteiger partial charge on any atom is -0.482 e. The molecule has 0 aliphatic heterocycles. The molecule has 88 valence electrons. The van der Waals surface area contributed by atoms with E-state index in [1.807, 2.05) is 0 Å².